The molecule has 0 saturated carbocycles. The maximum Gasteiger partial charge on any atom is 0.311 e. The summed E-state index contributed by atoms with van der Waals surface area (Å²) >= 11 is 0. The Bertz CT molecular complexity index is 673. The van der Waals surface area contributed by atoms with Crippen LogP contribution in [0.5, 0.6) is 11.6 Å². The molecule has 1 heterocycles. The molecule has 7 nitrogen and oxygen atoms in total. The van der Waals surface area contributed by atoms with E-state index in [0.717, 1.165) is 5.56 Å². The highest BCUT2D eigenvalue weighted by Crippen LogP contribution is 2.31. The van der Waals surface area contributed by atoms with Crippen LogP contribution in [0.3, 0.4) is 0 Å². The van der Waals surface area contributed by atoms with Crippen LogP contribution in [0.2, 0.25) is 0 Å². The number of nitrogens with one attached hydrogen (secondary N) is 1. The highest BCUT2D eigenvalue weighted by molar-refractivity contribution is 5.50. The molecule has 2 aromatic rings. The van der Waals surface area contributed by atoms with Crippen molar-refractivity contribution in [3.05, 3.63) is 45.8 Å². The first-order chi connectivity index (χ1) is 9.99. The summed E-state index contributed by atoms with van der Waals surface area (Å²) in [7, 11) is 0. The van der Waals surface area contributed by atoms with E-state index in [4.69, 9.17) is 4.74 Å². The highest BCUT2D eigenvalue weighted by atomic mass is 16.6. The van der Waals surface area contributed by atoms with Crippen LogP contribution in [0.25, 0.3) is 0 Å². The van der Waals surface area contributed by atoms with E-state index in [9.17, 15) is 10.1 Å². The first-order valence-electron chi connectivity index (χ1n) is 6.52. The smallest absolute Gasteiger partial charge is 0.311 e. The number of aryl methyl sites for hydroxylation is 2. The van der Waals surface area contributed by atoms with E-state index in [2.05, 4.69) is 15.3 Å². The molecule has 0 fully saturated rings. The summed E-state index contributed by atoms with van der Waals surface area (Å²) in [5.74, 6) is 1.57. The van der Waals surface area contributed by atoms with Crippen LogP contribution in [0.4, 0.5) is 11.5 Å². The van der Waals surface area contributed by atoms with Crippen molar-refractivity contribution < 1.29 is 9.66 Å². The number of hydrogen-bond acceptors (Lipinski definition) is 6. The number of anilines is 1. The standard InChI is InChI=1S/C14H16N4O3/c1-4-15-13-8-14(17-10(3)16-13)21-12-6-5-9(2)7-11(12)18(19)20/h5-8H,4H2,1-3H3,(H,15,16,17). The van der Waals surface area contributed by atoms with Crippen LogP contribution in [0.1, 0.15) is 18.3 Å². The molecule has 0 amide bonds. The Labute approximate surface area is 122 Å². The molecule has 21 heavy (non-hydrogen) atoms. The average molecular weight is 288 g/mol. The molecule has 1 aromatic carbocycles. The lowest BCUT2D eigenvalue weighted by Gasteiger charge is -2.09. The van der Waals surface area contributed by atoms with Gasteiger partial charge in [0.2, 0.25) is 11.6 Å². The van der Waals surface area contributed by atoms with E-state index in [1.54, 1.807) is 32.0 Å². The van der Waals surface area contributed by atoms with Crippen molar-refractivity contribution >= 4 is 11.5 Å². The van der Waals surface area contributed by atoms with Gasteiger partial charge < -0.3 is 10.1 Å². The Balaban J connectivity index is 2.36. The fourth-order valence-electron chi connectivity index (χ4n) is 1.83. The van der Waals surface area contributed by atoms with Crippen LogP contribution < -0.4 is 10.1 Å². The van der Waals surface area contributed by atoms with E-state index >= 15 is 0 Å². The lowest BCUT2D eigenvalue weighted by molar-refractivity contribution is -0.385. The Morgan fingerprint density at radius 2 is 2.05 bits per heavy atom. The zero-order valence-corrected chi connectivity index (χ0v) is 12.1. The fourth-order valence-corrected chi connectivity index (χ4v) is 1.83. The molecule has 0 spiro atoms. The summed E-state index contributed by atoms with van der Waals surface area (Å²) in [6, 6.07) is 6.40. The molecule has 1 aromatic heterocycles. The Hall–Kier alpha value is -2.70. The van der Waals surface area contributed by atoms with Crippen LogP contribution in [0.15, 0.2) is 24.3 Å². The predicted octanol–water partition coefficient (Wildman–Crippen LogP) is 3.23. The molecule has 0 saturated heterocycles. The van der Waals surface area contributed by atoms with Gasteiger partial charge in [-0.3, -0.25) is 10.1 Å². The van der Waals surface area contributed by atoms with Gasteiger partial charge in [0.15, 0.2) is 0 Å². The monoisotopic (exact) mass is 288 g/mol. The van der Waals surface area contributed by atoms with E-state index in [-0.39, 0.29) is 17.3 Å². The highest BCUT2D eigenvalue weighted by Gasteiger charge is 2.16. The lowest BCUT2D eigenvalue weighted by atomic mass is 10.2. The van der Waals surface area contributed by atoms with Crippen molar-refractivity contribution in [2.24, 2.45) is 0 Å². The van der Waals surface area contributed by atoms with Crippen LogP contribution >= 0.6 is 0 Å². The Morgan fingerprint density at radius 1 is 1.29 bits per heavy atom. The third-order valence-corrected chi connectivity index (χ3v) is 2.70. The zero-order chi connectivity index (χ0) is 15.4. The maximum atomic E-state index is 11.1. The number of hydrogen-bond donors (Lipinski definition) is 1. The van der Waals surface area contributed by atoms with Gasteiger partial charge in [-0.05, 0) is 32.4 Å². The number of benzene rings is 1. The molecule has 0 atom stereocenters. The second-order valence-corrected chi connectivity index (χ2v) is 4.50. The molecular formula is C14H16N4O3. The van der Waals surface area contributed by atoms with Gasteiger partial charge in [0.05, 0.1) is 4.92 Å². The molecule has 0 aliphatic carbocycles. The summed E-state index contributed by atoms with van der Waals surface area (Å²) in [5, 5.41) is 14.1. The van der Waals surface area contributed by atoms with Crippen LogP contribution in [-0.4, -0.2) is 21.4 Å². The number of aromatic nitrogens is 2. The minimum Gasteiger partial charge on any atom is -0.432 e. The minimum absolute atomic E-state index is 0.0868. The number of nitro groups is 1. The molecule has 1 N–H and O–H groups in total. The normalized spacial score (nSPS) is 10.2. The second-order valence-electron chi connectivity index (χ2n) is 4.50. The topological polar surface area (TPSA) is 90.2 Å². The van der Waals surface area contributed by atoms with E-state index in [1.807, 2.05) is 6.92 Å². The molecule has 110 valence electrons. The Morgan fingerprint density at radius 3 is 2.71 bits per heavy atom. The van der Waals surface area contributed by atoms with Crippen molar-refractivity contribution in [3.8, 4) is 11.6 Å². The molecule has 0 radical (unpaired) electrons. The van der Waals surface area contributed by atoms with Gasteiger partial charge in [-0.25, -0.2) is 4.98 Å². The van der Waals surface area contributed by atoms with Crippen molar-refractivity contribution in [2.45, 2.75) is 20.8 Å². The second kappa shape index (κ2) is 6.17. The average Bonchev–Trinajstić information content (AvgIpc) is 2.40. The lowest BCUT2D eigenvalue weighted by Crippen LogP contribution is -2.03. The van der Waals surface area contributed by atoms with Gasteiger partial charge in [-0.2, -0.15) is 4.98 Å². The van der Waals surface area contributed by atoms with Gasteiger partial charge in [0, 0.05) is 18.7 Å². The zero-order valence-electron chi connectivity index (χ0n) is 12.1. The van der Waals surface area contributed by atoms with Gasteiger partial charge in [-0.1, -0.05) is 6.07 Å². The van der Waals surface area contributed by atoms with Gasteiger partial charge >= 0.3 is 5.69 Å². The third-order valence-electron chi connectivity index (χ3n) is 2.70. The van der Waals surface area contributed by atoms with Gasteiger partial charge in [0.25, 0.3) is 0 Å². The summed E-state index contributed by atoms with van der Waals surface area (Å²) in [4.78, 5) is 18.9. The third kappa shape index (κ3) is 3.65. The van der Waals surface area contributed by atoms with Crippen molar-refractivity contribution in [2.75, 3.05) is 11.9 Å². The SMILES string of the molecule is CCNc1cc(Oc2ccc(C)cc2[N+](=O)[O-])nc(C)n1. The van der Waals surface area contributed by atoms with Crippen molar-refractivity contribution in [3.63, 3.8) is 0 Å². The Kier molecular flexibility index (Phi) is 4.32. The van der Waals surface area contributed by atoms with Crippen LogP contribution in [-0.2, 0) is 0 Å². The first kappa shape index (κ1) is 14.7. The number of rotatable bonds is 5. The molecule has 7 heteroatoms. The van der Waals surface area contributed by atoms with Gasteiger partial charge in [0.1, 0.15) is 11.6 Å². The van der Waals surface area contributed by atoms with E-state index < -0.39 is 4.92 Å². The quantitative estimate of drug-likeness (QED) is 0.671. The minimum atomic E-state index is -0.471. The summed E-state index contributed by atoms with van der Waals surface area (Å²) < 4.78 is 5.56. The fraction of sp³-hybridized carbons (Fsp3) is 0.286. The molecule has 0 bridgehead atoms. The molecule has 0 aliphatic heterocycles. The largest absolute Gasteiger partial charge is 0.432 e. The summed E-state index contributed by atoms with van der Waals surface area (Å²) in [5.41, 5.74) is 0.706. The van der Waals surface area contributed by atoms with Crippen molar-refractivity contribution in [1.82, 2.24) is 9.97 Å². The first-order valence-corrected chi connectivity index (χ1v) is 6.52. The molecule has 0 aliphatic rings. The summed E-state index contributed by atoms with van der Waals surface area (Å²) in [6.45, 7) is 6.18. The van der Waals surface area contributed by atoms with Gasteiger partial charge in [-0.15, -0.1) is 0 Å². The van der Waals surface area contributed by atoms with E-state index in [0.29, 0.717) is 18.2 Å². The molecule has 0 unspecified atom stereocenters. The van der Waals surface area contributed by atoms with Crippen LogP contribution in [0, 0.1) is 24.0 Å². The number of ether oxygens (including phenoxy) is 1. The number of nitrogens with zero attached hydrogens (tertiary/aromatic N) is 3. The number of nitro benzene ring substituents is 1. The van der Waals surface area contributed by atoms with Crippen molar-refractivity contribution in [1.29, 1.82) is 0 Å². The summed E-state index contributed by atoms with van der Waals surface area (Å²) in [6.07, 6.45) is 0. The van der Waals surface area contributed by atoms with E-state index in [1.165, 1.54) is 6.07 Å². The maximum absolute atomic E-state index is 11.1. The predicted molar refractivity (Wildman–Crippen MR) is 78.8 cm³/mol. The molecular weight excluding hydrogens is 272 g/mol. The molecule has 2 rings (SSSR count).